The minimum absolute atomic E-state index is 0.00370. The molecule has 0 aromatic heterocycles. The molecule has 1 N–H and O–H groups in total. The molecule has 1 fully saturated rings. The number of nitrogens with zero attached hydrogens (tertiary/aromatic N) is 1. The second kappa shape index (κ2) is 10.5. The lowest BCUT2D eigenvalue weighted by Crippen LogP contribution is -2.44. The molecule has 3 aromatic carbocycles. The summed E-state index contributed by atoms with van der Waals surface area (Å²) in [7, 11) is 1.65. The van der Waals surface area contributed by atoms with Crippen LogP contribution in [0.1, 0.15) is 36.0 Å². The van der Waals surface area contributed by atoms with Gasteiger partial charge in [0.05, 0.1) is 12.7 Å². The molecule has 0 aliphatic carbocycles. The summed E-state index contributed by atoms with van der Waals surface area (Å²) < 4.78 is 5.29. The van der Waals surface area contributed by atoms with Crippen LogP contribution in [0, 0.1) is 0 Å². The molecule has 0 radical (unpaired) electrons. The zero-order chi connectivity index (χ0) is 23.1. The highest BCUT2D eigenvalue weighted by molar-refractivity contribution is 5.95. The lowest BCUT2D eigenvalue weighted by molar-refractivity contribution is -0.130. The molecule has 33 heavy (non-hydrogen) atoms. The molecule has 1 aliphatic rings. The smallest absolute Gasteiger partial charge is 0.246 e. The second-order valence-electron chi connectivity index (χ2n) is 8.61. The van der Waals surface area contributed by atoms with Crippen LogP contribution in [-0.2, 0) is 16.8 Å². The highest BCUT2D eigenvalue weighted by Crippen LogP contribution is 2.33. The van der Waals surface area contributed by atoms with Gasteiger partial charge in [-0.05, 0) is 60.1 Å². The fourth-order valence-electron chi connectivity index (χ4n) is 4.40. The van der Waals surface area contributed by atoms with Crippen LogP contribution in [-0.4, -0.2) is 36.1 Å². The molecule has 4 nitrogen and oxygen atoms in total. The molecule has 3 aromatic rings. The van der Waals surface area contributed by atoms with Gasteiger partial charge in [0.15, 0.2) is 0 Å². The summed E-state index contributed by atoms with van der Waals surface area (Å²) in [6.45, 7) is 1.07. The van der Waals surface area contributed by atoms with Gasteiger partial charge < -0.3 is 14.7 Å². The SMILES string of the molecule is COc1ccc(/C(=C\C(=O)N2CCC(O)(c3ccccc3)CC2)CCc2ccccc2)cc1. The molecule has 0 saturated carbocycles. The molecule has 170 valence electrons. The van der Waals surface area contributed by atoms with E-state index in [0.29, 0.717) is 25.9 Å². The van der Waals surface area contributed by atoms with E-state index in [1.54, 1.807) is 13.2 Å². The molecular formula is C29H31NO3. The molecule has 0 unspecified atom stereocenters. The van der Waals surface area contributed by atoms with E-state index in [0.717, 1.165) is 35.3 Å². The van der Waals surface area contributed by atoms with Crippen molar-refractivity contribution >= 4 is 11.5 Å². The van der Waals surface area contributed by atoms with Gasteiger partial charge in [0.1, 0.15) is 5.75 Å². The predicted molar refractivity (Wildman–Crippen MR) is 132 cm³/mol. The Bertz CT molecular complexity index is 1070. The molecule has 0 spiro atoms. The molecule has 4 heteroatoms. The number of aryl methyl sites for hydroxylation is 1. The van der Waals surface area contributed by atoms with Crippen LogP contribution in [0.15, 0.2) is 91.0 Å². The van der Waals surface area contributed by atoms with Gasteiger partial charge in [0.25, 0.3) is 0 Å². The number of ether oxygens (including phenoxy) is 1. The van der Waals surface area contributed by atoms with Gasteiger partial charge in [-0.25, -0.2) is 0 Å². The zero-order valence-electron chi connectivity index (χ0n) is 19.1. The molecular weight excluding hydrogens is 410 g/mol. The Morgan fingerprint density at radius 2 is 1.55 bits per heavy atom. The largest absolute Gasteiger partial charge is 0.497 e. The van der Waals surface area contributed by atoms with E-state index in [2.05, 4.69) is 12.1 Å². The maximum atomic E-state index is 13.2. The molecule has 4 rings (SSSR count). The Morgan fingerprint density at radius 3 is 2.15 bits per heavy atom. The second-order valence-corrected chi connectivity index (χ2v) is 8.61. The van der Waals surface area contributed by atoms with Gasteiger partial charge in [0.2, 0.25) is 5.91 Å². The summed E-state index contributed by atoms with van der Waals surface area (Å²) in [5.74, 6) is 0.799. The van der Waals surface area contributed by atoms with Crippen molar-refractivity contribution in [2.45, 2.75) is 31.3 Å². The minimum Gasteiger partial charge on any atom is -0.497 e. The molecule has 1 aliphatic heterocycles. The summed E-state index contributed by atoms with van der Waals surface area (Å²) in [6, 6.07) is 28.0. The minimum atomic E-state index is -0.867. The summed E-state index contributed by atoms with van der Waals surface area (Å²) in [5.41, 5.74) is 3.34. The van der Waals surface area contributed by atoms with E-state index in [9.17, 15) is 9.90 Å². The van der Waals surface area contributed by atoms with Crippen LogP contribution in [0.4, 0.5) is 0 Å². The first-order chi connectivity index (χ1) is 16.1. The number of carbonyl (C=O) groups excluding carboxylic acids is 1. The van der Waals surface area contributed by atoms with Crippen molar-refractivity contribution in [1.82, 2.24) is 4.90 Å². The van der Waals surface area contributed by atoms with Crippen LogP contribution in [0.5, 0.6) is 5.75 Å². The first kappa shape index (κ1) is 22.8. The van der Waals surface area contributed by atoms with Crippen LogP contribution >= 0.6 is 0 Å². The number of piperidine rings is 1. The fourth-order valence-corrected chi connectivity index (χ4v) is 4.40. The third kappa shape index (κ3) is 5.71. The number of aliphatic hydroxyl groups is 1. The van der Waals surface area contributed by atoms with Gasteiger partial charge >= 0.3 is 0 Å². The first-order valence-corrected chi connectivity index (χ1v) is 11.5. The topological polar surface area (TPSA) is 49.8 Å². The van der Waals surface area contributed by atoms with Crippen LogP contribution in [0.25, 0.3) is 5.57 Å². The highest BCUT2D eigenvalue weighted by Gasteiger charge is 2.34. The summed E-state index contributed by atoms with van der Waals surface area (Å²) >= 11 is 0. The Kier molecular flexibility index (Phi) is 7.26. The number of benzene rings is 3. The average molecular weight is 442 g/mol. The molecule has 0 atom stereocenters. The first-order valence-electron chi connectivity index (χ1n) is 11.5. The molecule has 1 saturated heterocycles. The number of hydrogen-bond donors (Lipinski definition) is 1. The number of hydrogen-bond acceptors (Lipinski definition) is 3. The van der Waals surface area contributed by atoms with Crippen molar-refractivity contribution in [3.8, 4) is 5.75 Å². The van der Waals surface area contributed by atoms with Gasteiger partial charge in [-0.3, -0.25) is 4.79 Å². The number of amides is 1. The normalized spacial score (nSPS) is 15.8. The van der Waals surface area contributed by atoms with Crippen LogP contribution < -0.4 is 4.74 Å². The summed E-state index contributed by atoms with van der Waals surface area (Å²) in [5, 5.41) is 11.1. The number of likely N-dealkylation sites (tertiary alicyclic amines) is 1. The quantitative estimate of drug-likeness (QED) is 0.511. The zero-order valence-corrected chi connectivity index (χ0v) is 19.1. The Hall–Kier alpha value is -3.37. The van der Waals surface area contributed by atoms with Crippen molar-refractivity contribution in [2.24, 2.45) is 0 Å². The maximum absolute atomic E-state index is 13.2. The van der Waals surface area contributed by atoms with Gasteiger partial charge in [0, 0.05) is 19.2 Å². The van der Waals surface area contributed by atoms with Gasteiger partial charge in [-0.2, -0.15) is 0 Å². The Balaban J connectivity index is 1.49. The van der Waals surface area contributed by atoms with E-state index in [1.807, 2.05) is 77.7 Å². The van der Waals surface area contributed by atoms with Crippen LogP contribution in [0.2, 0.25) is 0 Å². The maximum Gasteiger partial charge on any atom is 0.246 e. The Labute approximate surface area is 196 Å². The van der Waals surface area contributed by atoms with E-state index < -0.39 is 5.60 Å². The Morgan fingerprint density at radius 1 is 0.939 bits per heavy atom. The van der Waals surface area contributed by atoms with Crippen molar-refractivity contribution in [3.63, 3.8) is 0 Å². The standard InChI is InChI=1S/C29H31NO3/c1-33-27-16-14-24(15-17-27)25(13-12-23-8-4-2-5-9-23)22-28(31)30-20-18-29(32,19-21-30)26-10-6-3-7-11-26/h2-11,14-17,22,32H,12-13,18-21H2,1H3/b25-22-. The fraction of sp³-hybridized carbons (Fsp3) is 0.276. The van der Waals surface area contributed by atoms with E-state index >= 15 is 0 Å². The van der Waals surface area contributed by atoms with Crippen molar-refractivity contribution < 1.29 is 14.6 Å². The predicted octanol–water partition coefficient (Wildman–Crippen LogP) is 5.22. The molecule has 1 heterocycles. The summed E-state index contributed by atoms with van der Waals surface area (Å²) in [6.07, 6.45) is 4.48. The average Bonchev–Trinajstić information content (AvgIpc) is 2.88. The van der Waals surface area contributed by atoms with E-state index in [-0.39, 0.29) is 5.91 Å². The summed E-state index contributed by atoms with van der Waals surface area (Å²) in [4.78, 5) is 15.1. The lowest BCUT2D eigenvalue weighted by atomic mass is 9.84. The van der Waals surface area contributed by atoms with E-state index in [4.69, 9.17) is 4.74 Å². The molecule has 0 bridgehead atoms. The monoisotopic (exact) mass is 441 g/mol. The van der Waals surface area contributed by atoms with Crippen molar-refractivity contribution in [2.75, 3.05) is 20.2 Å². The number of allylic oxidation sites excluding steroid dienone is 1. The number of rotatable bonds is 7. The molecule has 1 amide bonds. The van der Waals surface area contributed by atoms with Crippen molar-refractivity contribution in [3.05, 3.63) is 108 Å². The van der Waals surface area contributed by atoms with Crippen molar-refractivity contribution in [1.29, 1.82) is 0 Å². The van der Waals surface area contributed by atoms with E-state index in [1.165, 1.54) is 5.56 Å². The lowest BCUT2D eigenvalue weighted by Gasteiger charge is -2.38. The third-order valence-corrected chi connectivity index (χ3v) is 6.50. The number of methoxy groups -OCH3 is 1. The highest BCUT2D eigenvalue weighted by atomic mass is 16.5. The number of carbonyl (C=O) groups is 1. The third-order valence-electron chi connectivity index (χ3n) is 6.50. The van der Waals surface area contributed by atoms with Gasteiger partial charge in [-0.1, -0.05) is 72.8 Å². The van der Waals surface area contributed by atoms with Crippen LogP contribution in [0.3, 0.4) is 0 Å². The van der Waals surface area contributed by atoms with Gasteiger partial charge in [-0.15, -0.1) is 0 Å².